The van der Waals surface area contributed by atoms with E-state index in [1.807, 2.05) is 31.2 Å². The van der Waals surface area contributed by atoms with Gasteiger partial charge in [-0.2, -0.15) is 0 Å². The molecule has 2 aromatic carbocycles. The zero-order valence-electron chi connectivity index (χ0n) is 40.8. The predicted octanol–water partition coefficient (Wildman–Crippen LogP) is 13.9. The fourth-order valence-electron chi connectivity index (χ4n) is 5.91. The summed E-state index contributed by atoms with van der Waals surface area (Å²) in [4.78, 5) is 32.4. The first kappa shape index (κ1) is 59.4. The number of allylic oxidation sites excluding steroid dienone is 2. The topological polar surface area (TPSA) is 116 Å². The molecule has 362 valence electrons. The van der Waals surface area contributed by atoms with Crippen LogP contribution in [0, 0.1) is 0 Å². The summed E-state index contributed by atoms with van der Waals surface area (Å²) in [7, 11) is 0. The fraction of sp³-hybridized carbons (Fsp3) is 0.611. The first-order valence-electron chi connectivity index (χ1n) is 24.2. The van der Waals surface area contributed by atoms with E-state index in [1.54, 1.807) is 0 Å². The van der Waals surface area contributed by atoms with Crippen molar-refractivity contribution in [2.24, 2.45) is 0 Å². The van der Waals surface area contributed by atoms with Gasteiger partial charge in [-0.25, -0.2) is 9.59 Å². The molecule has 64 heavy (non-hydrogen) atoms. The zero-order chi connectivity index (χ0) is 47.3. The molecule has 1 unspecified atom stereocenters. The summed E-state index contributed by atoms with van der Waals surface area (Å²) in [5, 5.41) is 0. The van der Waals surface area contributed by atoms with Crippen molar-refractivity contribution in [1.82, 2.24) is 0 Å². The van der Waals surface area contributed by atoms with Crippen molar-refractivity contribution in [3.8, 4) is 22.6 Å². The van der Waals surface area contributed by atoms with Crippen molar-refractivity contribution < 1.29 is 47.5 Å². The Bertz CT molecular complexity index is 1390. The number of hydrogen-bond donors (Lipinski definition) is 0. The molecule has 0 N–H and O–H groups in total. The van der Waals surface area contributed by atoms with Gasteiger partial charge in [-0.05, 0) is 152 Å². The molecule has 10 heteroatoms. The highest BCUT2D eigenvalue weighted by Crippen LogP contribution is 2.25. The van der Waals surface area contributed by atoms with Crippen LogP contribution in [0.15, 0.2) is 85.7 Å². The maximum absolute atomic E-state index is 11.0. The fourth-order valence-corrected chi connectivity index (χ4v) is 5.91. The van der Waals surface area contributed by atoms with Crippen LogP contribution >= 0.6 is 0 Å². The zero-order valence-corrected chi connectivity index (χ0v) is 40.8. The van der Waals surface area contributed by atoms with Gasteiger partial charge in [-0.15, -0.1) is 0 Å². The van der Waals surface area contributed by atoms with Gasteiger partial charge in [0, 0.05) is 25.7 Å². The number of ether oxygens (including phenoxy) is 7. The number of carbonyl (C=O) groups is 3. The highest BCUT2D eigenvalue weighted by molar-refractivity contribution is 5.81. The Morgan fingerprint density at radius 1 is 0.500 bits per heavy atom. The summed E-state index contributed by atoms with van der Waals surface area (Å²) in [5.74, 6) is 1.81. The molecule has 1 atom stereocenters. The summed E-state index contributed by atoms with van der Waals surface area (Å²) in [6.45, 7) is 23.3. The molecular weight excluding hydrogens is 809 g/mol. The molecule has 0 amide bonds. The number of esters is 3. The lowest BCUT2D eigenvalue weighted by molar-refractivity contribution is -0.141. The Morgan fingerprint density at radius 2 is 0.875 bits per heavy atom. The molecular formula is C54H86O10. The molecule has 0 spiro atoms. The van der Waals surface area contributed by atoms with Crippen LogP contribution in [0.1, 0.15) is 164 Å². The third-order valence-corrected chi connectivity index (χ3v) is 9.87. The van der Waals surface area contributed by atoms with E-state index in [0.717, 1.165) is 131 Å². The van der Waals surface area contributed by atoms with Crippen LogP contribution < -0.4 is 9.47 Å². The normalized spacial score (nSPS) is 11.1. The summed E-state index contributed by atoms with van der Waals surface area (Å²) >= 11 is 0. The summed E-state index contributed by atoms with van der Waals surface area (Å²) < 4.78 is 37.5. The second-order valence-electron chi connectivity index (χ2n) is 15.6. The van der Waals surface area contributed by atoms with E-state index in [4.69, 9.17) is 33.2 Å². The van der Waals surface area contributed by atoms with Gasteiger partial charge in [-0.1, -0.05) is 83.9 Å². The number of rotatable bonds is 36. The van der Waals surface area contributed by atoms with Crippen LogP contribution in [-0.4, -0.2) is 70.3 Å². The van der Waals surface area contributed by atoms with Crippen molar-refractivity contribution >= 4 is 17.9 Å². The van der Waals surface area contributed by atoms with Crippen molar-refractivity contribution in [3.05, 3.63) is 85.7 Å². The molecule has 0 saturated heterocycles. The molecule has 2 aromatic rings. The summed E-state index contributed by atoms with van der Waals surface area (Å²) in [6.07, 6.45) is 25.7. The average molecular weight is 895 g/mol. The summed E-state index contributed by atoms with van der Waals surface area (Å²) in [6, 6.07) is 16.2. The monoisotopic (exact) mass is 895 g/mol. The Labute approximate surface area is 388 Å². The van der Waals surface area contributed by atoms with Crippen molar-refractivity contribution in [3.63, 3.8) is 0 Å². The third-order valence-electron chi connectivity index (χ3n) is 9.87. The Balaban J connectivity index is 0.00000116. The van der Waals surface area contributed by atoms with E-state index < -0.39 is 0 Å². The van der Waals surface area contributed by atoms with Gasteiger partial charge in [0.25, 0.3) is 0 Å². The second kappa shape index (κ2) is 43.7. The maximum atomic E-state index is 11.0. The Morgan fingerprint density at radius 3 is 1.25 bits per heavy atom. The summed E-state index contributed by atoms with van der Waals surface area (Å²) in [5.41, 5.74) is 2.25. The van der Waals surface area contributed by atoms with Crippen LogP contribution in [-0.2, 0) is 38.1 Å². The molecule has 0 fully saturated rings. The van der Waals surface area contributed by atoms with Gasteiger partial charge >= 0.3 is 17.9 Å². The molecule has 10 nitrogen and oxygen atoms in total. The van der Waals surface area contributed by atoms with E-state index in [0.29, 0.717) is 39.1 Å². The van der Waals surface area contributed by atoms with Gasteiger partial charge < -0.3 is 33.2 Å². The van der Waals surface area contributed by atoms with Crippen LogP contribution in [0.25, 0.3) is 11.1 Å². The number of carbonyl (C=O) groups excluding carboxylic acids is 3. The standard InChI is InChI=1S/C30H38O6.C13H24O3.C11H24O/c1-3-29(31)35-23-11-7-5-9-21-33-27-17-13-25(14-18-27)26-15-19-28(20-16-26)34-22-10-6-8-12-24-36-30(32)4-2;1-4-9-12(2)15-10-7-5-6-8-11-16-13(3)14;1-4-6-7-8-9-10-12-11(3)5-2/h3-4,13-20H,1-2,5-12,21-24H2;9H,4-8,10-11H2,1-3H3;11H,4-10H2,1-3H3/b;12-9+;. The van der Waals surface area contributed by atoms with E-state index in [1.165, 1.54) is 51.2 Å². The predicted molar refractivity (Wildman–Crippen MR) is 262 cm³/mol. The van der Waals surface area contributed by atoms with Gasteiger partial charge in [0.15, 0.2) is 0 Å². The van der Waals surface area contributed by atoms with Gasteiger partial charge in [0.1, 0.15) is 11.5 Å². The Hall–Kier alpha value is -4.57. The largest absolute Gasteiger partial charge is 0.499 e. The minimum atomic E-state index is -0.364. The molecule has 0 aliphatic heterocycles. The van der Waals surface area contributed by atoms with Gasteiger partial charge in [-0.3, -0.25) is 4.79 Å². The molecule has 0 radical (unpaired) electrons. The van der Waals surface area contributed by atoms with Crippen molar-refractivity contribution in [2.45, 2.75) is 170 Å². The molecule has 0 aromatic heterocycles. The quantitative estimate of drug-likeness (QED) is 0.0215. The minimum Gasteiger partial charge on any atom is -0.499 e. The van der Waals surface area contributed by atoms with E-state index in [9.17, 15) is 14.4 Å². The smallest absolute Gasteiger partial charge is 0.330 e. The number of unbranched alkanes of at least 4 members (excludes halogenated alkanes) is 13. The lowest BCUT2D eigenvalue weighted by Gasteiger charge is -2.09. The van der Waals surface area contributed by atoms with E-state index in [-0.39, 0.29) is 17.9 Å². The van der Waals surface area contributed by atoms with Crippen LogP contribution in [0.2, 0.25) is 0 Å². The van der Waals surface area contributed by atoms with E-state index in [2.05, 4.69) is 71.2 Å². The first-order valence-corrected chi connectivity index (χ1v) is 24.2. The molecule has 0 bridgehead atoms. The highest BCUT2D eigenvalue weighted by atomic mass is 16.5. The minimum absolute atomic E-state index is 0.191. The number of benzene rings is 2. The van der Waals surface area contributed by atoms with Crippen LogP contribution in [0.5, 0.6) is 11.5 Å². The average Bonchev–Trinajstić information content (AvgIpc) is 3.30. The SMILES string of the molecule is C=CC(=O)OCCCCCCOc1ccc(-c2ccc(OCCCCCCOC(=O)C=C)cc2)cc1.CC/C=C(\C)OCCCCCCOC(C)=O.CCCCCCCOC(C)CC. The number of hydrogen-bond acceptors (Lipinski definition) is 10. The van der Waals surface area contributed by atoms with E-state index >= 15 is 0 Å². The van der Waals surface area contributed by atoms with Crippen LogP contribution in [0.3, 0.4) is 0 Å². The maximum Gasteiger partial charge on any atom is 0.330 e. The van der Waals surface area contributed by atoms with Crippen molar-refractivity contribution in [1.29, 1.82) is 0 Å². The second-order valence-corrected chi connectivity index (χ2v) is 15.6. The van der Waals surface area contributed by atoms with Gasteiger partial charge in [0.05, 0.1) is 51.5 Å². The third kappa shape index (κ3) is 37.9. The molecule has 0 aliphatic carbocycles. The highest BCUT2D eigenvalue weighted by Gasteiger charge is 2.03. The molecule has 0 saturated carbocycles. The lowest BCUT2D eigenvalue weighted by Crippen LogP contribution is -2.07. The van der Waals surface area contributed by atoms with Gasteiger partial charge in [0.2, 0.25) is 0 Å². The molecule has 2 rings (SSSR count). The Kier molecular flexibility index (Phi) is 40.6. The molecule has 0 aliphatic rings. The van der Waals surface area contributed by atoms with Crippen LogP contribution in [0.4, 0.5) is 0 Å². The lowest BCUT2D eigenvalue weighted by atomic mass is 10.1. The first-order chi connectivity index (χ1) is 31.1. The molecule has 0 heterocycles. The van der Waals surface area contributed by atoms with Crippen molar-refractivity contribution in [2.75, 3.05) is 46.2 Å².